The van der Waals surface area contributed by atoms with Crippen LogP contribution in [0.2, 0.25) is 0 Å². The van der Waals surface area contributed by atoms with Crippen molar-refractivity contribution in [3.63, 3.8) is 0 Å². The van der Waals surface area contributed by atoms with Gasteiger partial charge in [0.05, 0.1) is 14.2 Å². The zero-order valence-electron chi connectivity index (χ0n) is 16.0. The van der Waals surface area contributed by atoms with Crippen LogP contribution in [0.1, 0.15) is 18.3 Å². The van der Waals surface area contributed by atoms with Crippen molar-refractivity contribution in [2.75, 3.05) is 34.4 Å². The van der Waals surface area contributed by atoms with Gasteiger partial charge in [0.25, 0.3) is 0 Å². The van der Waals surface area contributed by atoms with E-state index in [4.69, 9.17) is 9.47 Å². The maximum absolute atomic E-state index is 5.41. The predicted octanol–water partition coefficient (Wildman–Crippen LogP) is 1.27. The molecule has 0 aliphatic carbocycles. The van der Waals surface area contributed by atoms with Crippen molar-refractivity contribution < 1.29 is 9.47 Å². The molecule has 0 saturated carbocycles. The summed E-state index contributed by atoms with van der Waals surface area (Å²) in [5, 5.41) is 14.6. The summed E-state index contributed by atoms with van der Waals surface area (Å²) in [4.78, 5) is 4.25. The highest BCUT2D eigenvalue weighted by atomic mass is 16.5. The van der Waals surface area contributed by atoms with E-state index in [2.05, 4.69) is 32.7 Å². The summed E-state index contributed by atoms with van der Waals surface area (Å²) >= 11 is 0. The molecule has 0 radical (unpaired) electrons. The predicted molar refractivity (Wildman–Crippen MR) is 102 cm³/mol. The van der Waals surface area contributed by atoms with Gasteiger partial charge in [0.2, 0.25) is 0 Å². The number of aliphatic imine (C=N–C) groups is 1. The summed E-state index contributed by atoms with van der Waals surface area (Å²) in [5.74, 6) is 3.43. The summed E-state index contributed by atoms with van der Waals surface area (Å²) in [6.07, 6.45) is 3.42. The molecule has 1 aromatic carbocycles. The minimum atomic E-state index is 0.732. The lowest BCUT2D eigenvalue weighted by molar-refractivity contribution is 0.398. The van der Waals surface area contributed by atoms with E-state index < -0.39 is 0 Å². The first-order valence-electron chi connectivity index (χ1n) is 8.73. The number of nitrogens with zero attached hydrogens (tertiary/aromatic N) is 4. The Hall–Kier alpha value is -2.77. The SMILES string of the molecule is CCc1nncn1CCNC(=NC)NCCc1cc(OC)ccc1OC. The second-order valence-corrected chi connectivity index (χ2v) is 5.65. The van der Waals surface area contributed by atoms with E-state index in [1.54, 1.807) is 27.6 Å². The molecule has 1 heterocycles. The fraction of sp³-hybridized carbons (Fsp3) is 0.500. The highest BCUT2D eigenvalue weighted by Gasteiger charge is 2.06. The van der Waals surface area contributed by atoms with Crippen LogP contribution < -0.4 is 20.1 Å². The standard InChI is InChI=1S/C18H28N6O2/c1-5-17-23-22-13-24(17)11-10-21-18(19-2)20-9-8-14-12-15(25-3)6-7-16(14)26-4/h6-7,12-13H,5,8-11H2,1-4H3,(H2,19,20,21). The van der Waals surface area contributed by atoms with E-state index in [1.807, 2.05) is 22.8 Å². The fourth-order valence-electron chi connectivity index (χ4n) is 2.65. The lowest BCUT2D eigenvalue weighted by Crippen LogP contribution is -2.39. The Kier molecular flexibility index (Phi) is 7.73. The average Bonchev–Trinajstić information content (AvgIpc) is 3.14. The number of nitrogens with one attached hydrogen (secondary N) is 2. The van der Waals surface area contributed by atoms with Crippen molar-refractivity contribution >= 4 is 5.96 Å². The highest BCUT2D eigenvalue weighted by molar-refractivity contribution is 5.79. The maximum Gasteiger partial charge on any atom is 0.191 e. The lowest BCUT2D eigenvalue weighted by atomic mass is 10.1. The molecule has 0 aliphatic rings. The van der Waals surface area contributed by atoms with Gasteiger partial charge in [0, 0.05) is 33.1 Å². The molecule has 0 saturated heterocycles. The largest absolute Gasteiger partial charge is 0.497 e. The molecule has 0 spiro atoms. The van der Waals surface area contributed by atoms with Gasteiger partial charge < -0.3 is 24.7 Å². The summed E-state index contributed by atoms with van der Waals surface area (Å²) in [6, 6.07) is 5.81. The van der Waals surface area contributed by atoms with Gasteiger partial charge in [0.1, 0.15) is 23.7 Å². The highest BCUT2D eigenvalue weighted by Crippen LogP contribution is 2.24. The molecule has 0 aliphatic heterocycles. The Morgan fingerprint density at radius 3 is 2.69 bits per heavy atom. The third-order valence-corrected chi connectivity index (χ3v) is 4.06. The normalized spacial score (nSPS) is 11.3. The molecule has 2 aromatic rings. The first kappa shape index (κ1) is 19.6. The van der Waals surface area contributed by atoms with Crippen LogP contribution in [0.3, 0.4) is 0 Å². The van der Waals surface area contributed by atoms with Crippen LogP contribution in [0, 0.1) is 0 Å². The van der Waals surface area contributed by atoms with Gasteiger partial charge >= 0.3 is 0 Å². The smallest absolute Gasteiger partial charge is 0.191 e. The zero-order valence-corrected chi connectivity index (χ0v) is 16.0. The second kappa shape index (κ2) is 10.3. The van der Waals surface area contributed by atoms with Crippen LogP contribution in [0.25, 0.3) is 0 Å². The number of hydrogen-bond acceptors (Lipinski definition) is 5. The fourth-order valence-corrected chi connectivity index (χ4v) is 2.65. The van der Waals surface area contributed by atoms with Gasteiger partial charge in [0.15, 0.2) is 5.96 Å². The van der Waals surface area contributed by atoms with E-state index in [0.29, 0.717) is 0 Å². The van der Waals surface area contributed by atoms with Gasteiger partial charge in [-0.1, -0.05) is 6.92 Å². The Morgan fingerprint density at radius 2 is 2.00 bits per heavy atom. The van der Waals surface area contributed by atoms with Crippen molar-refractivity contribution in [3.05, 3.63) is 35.9 Å². The number of methoxy groups -OCH3 is 2. The summed E-state index contributed by atoms with van der Waals surface area (Å²) in [7, 11) is 5.10. The quantitative estimate of drug-likeness (QED) is 0.517. The maximum atomic E-state index is 5.41. The molecule has 142 valence electrons. The van der Waals surface area contributed by atoms with Gasteiger partial charge in [-0.15, -0.1) is 10.2 Å². The third kappa shape index (κ3) is 5.37. The molecule has 0 amide bonds. The van der Waals surface area contributed by atoms with E-state index in [-0.39, 0.29) is 0 Å². The van der Waals surface area contributed by atoms with Gasteiger partial charge in [-0.2, -0.15) is 0 Å². The number of rotatable bonds is 9. The molecule has 2 N–H and O–H groups in total. The molecular formula is C18H28N6O2. The Morgan fingerprint density at radius 1 is 1.19 bits per heavy atom. The van der Waals surface area contributed by atoms with Crippen molar-refractivity contribution in [1.29, 1.82) is 0 Å². The minimum absolute atomic E-state index is 0.732. The van der Waals surface area contributed by atoms with E-state index in [0.717, 1.165) is 61.3 Å². The van der Waals surface area contributed by atoms with Crippen molar-refractivity contribution in [2.24, 2.45) is 4.99 Å². The molecule has 0 atom stereocenters. The third-order valence-electron chi connectivity index (χ3n) is 4.06. The molecule has 8 nitrogen and oxygen atoms in total. The Bertz CT molecular complexity index is 713. The van der Waals surface area contributed by atoms with Crippen LogP contribution in [0.4, 0.5) is 0 Å². The van der Waals surface area contributed by atoms with Crippen LogP contribution in [0.5, 0.6) is 11.5 Å². The van der Waals surface area contributed by atoms with Crippen molar-refractivity contribution in [1.82, 2.24) is 25.4 Å². The number of aryl methyl sites for hydroxylation is 1. The minimum Gasteiger partial charge on any atom is -0.497 e. The van der Waals surface area contributed by atoms with E-state index >= 15 is 0 Å². The first-order valence-corrected chi connectivity index (χ1v) is 8.73. The monoisotopic (exact) mass is 360 g/mol. The van der Waals surface area contributed by atoms with E-state index in [9.17, 15) is 0 Å². The van der Waals surface area contributed by atoms with E-state index in [1.165, 1.54) is 0 Å². The summed E-state index contributed by atoms with van der Waals surface area (Å²) in [6.45, 7) is 4.34. The number of hydrogen-bond donors (Lipinski definition) is 2. The van der Waals surface area contributed by atoms with Crippen LogP contribution in [-0.2, 0) is 19.4 Å². The first-order chi connectivity index (χ1) is 12.7. The number of aromatic nitrogens is 3. The summed E-state index contributed by atoms with van der Waals surface area (Å²) < 4.78 is 12.7. The Balaban J connectivity index is 1.80. The molecular weight excluding hydrogens is 332 g/mol. The van der Waals surface area contributed by atoms with Crippen LogP contribution in [-0.4, -0.2) is 55.1 Å². The molecule has 1 aromatic heterocycles. The zero-order chi connectivity index (χ0) is 18.8. The molecule has 2 rings (SSSR count). The molecule has 0 fully saturated rings. The van der Waals surface area contributed by atoms with Crippen molar-refractivity contribution in [3.8, 4) is 11.5 Å². The molecule has 0 bridgehead atoms. The van der Waals surface area contributed by atoms with Crippen LogP contribution in [0.15, 0.2) is 29.5 Å². The van der Waals surface area contributed by atoms with Gasteiger partial charge in [-0.05, 0) is 30.2 Å². The molecule has 0 unspecified atom stereocenters. The molecule has 26 heavy (non-hydrogen) atoms. The van der Waals surface area contributed by atoms with Crippen molar-refractivity contribution in [2.45, 2.75) is 26.3 Å². The number of benzene rings is 1. The average molecular weight is 360 g/mol. The second-order valence-electron chi connectivity index (χ2n) is 5.65. The molecule has 8 heteroatoms. The van der Waals surface area contributed by atoms with Gasteiger partial charge in [-0.25, -0.2) is 0 Å². The topological polar surface area (TPSA) is 85.6 Å². The lowest BCUT2D eigenvalue weighted by Gasteiger charge is -2.14. The summed E-state index contributed by atoms with van der Waals surface area (Å²) in [5.41, 5.74) is 1.09. The van der Waals surface area contributed by atoms with Crippen LogP contribution >= 0.6 is 0 Å². The Labute approximate surface area is 154 Å². The van der Waals surface area contributed by atoms with Gasteiger partial charge in [-0.3, -0.25) is 4.99 Å². The number of ether oxygens (including phenoxy) is 2. The number of guanidine groups is 1.